The van der Waals surface area contributed by atoms with E-state index in [1.54, 1.807) is 31.0 Å². The van der Waals surface area contributed by atoms with E-state index in [4.69, 9.17) is 11.6 Å². The third kappa shape index (κ3) is 3.49. The third-order valence-corrected chi connectivity index (χ3v) is 4.22. The first kappa shape index (κ1) is 15.3. The van der Waals surface area contributed by atoms with E-state index < -0.39 is 0 Å². The Morgan fingerprint density at radius 1 is 1.45 bits per heavy atom. The highest BCUT2D eigenvalue weighted by molar-refractivity contribution is 6.29. The molecule has 0 spiro atoms. The summed E-state index contributed by atoms with van der Waals surface area (Å²) in [6.07, 6.45) is 3.74. The highest BCUT2D eigenvalue weighted by atomic mass is 35.5. The first-order valence-electron chi connectivity index (χ1n) is 7.05. The number of pyridine rings is 1. The van der Waals surface area contributed by atoms with Gasteiger partial charge in [-0.15, -0.1) is 0 Å². The van der Waals surface area contributed by atoms with E-state index in [1.807, 2.05) is 0 Å². The first-order chi connectivity index (χ1) is 9.49. The SMILES string of the molecule is Cc1nc(Cl)ccc1C(=O)N(C)CC1CCCCC1O. The molecule has 0 aromatic carbocycles. The van der Waals surface area contributed by atoms with Crippen LogP contribution in [0.4, 0.5) is 0 Å². The van der Waals surface area contributed by atoms with E-state index in [0.717, 1.165) is 25.7 Å². The molecule has 0 radical (unpaired) electrons. The Balaban J connectivity index is 2.04. The molecule has 110 valence electrons. The summed E-state index contributed by atoms with van der Waals surface area (Å²) in [4.78, 5) is 18.2. The van der Waals surface area contributed by atoms with E-state index in [1.165, 1.54) is 0 Å². The van der Waals surface area contributed by atoms with Crippen LogP contribution in [-0.2, 0) is 0 Å². The van der Waals surface area contributed by atoms with Crippen LogP contribution in [0.15, 0.2) is 12.1 Å². The largest absolute Gasteiger partial charge is 0.393 e. The Kier molecular flexibility index (Phi) is 5.00. The zero-order valence-electron chi connectivity index (χ0n) is 12.0. The quantitative estimate of drug-likeness (QED) is 0.873. The van der Waals surface area contributed by atoms with Crippen LogP contribution < -0.4 is 0 Å². The number of aliphatic hydroxyl groups excluding tert-OH is 1. The summed E-state index contributed by atoms with van der Waals surface area (Å²) in [6, 6.07) is 3.34. The van der Waals surface area contributed by atoms with Gasteiger partial charge in [-0.25, -0.2) is 4.98 Å². The van der Waals surface area contributed by atoms with Gasteiger partial charge in [0.2, 0.25) is 0 Å². The summed E-state index contributed by atoms with van der Waals surface area (Å²) in [7, 11) is 1.78. The fourth-order valence-electron chi connectivity index (χ4n) is 2.80. The molecule has 1 aromatic rings. The van der Waals surface area contributed by atoms with Crippen LogP contribution in [0.5, 0.6) is 0 Å². The number of aliphatic hydroxyl groups is 1. The molecule has 0 saturated heterocycles. The van der Waals surface area contributed by atoms with E-state index in [0.29, 0.717) is 23.0 Å². The summed E-state index contributed by atoms with van der Waals surface area (Å²) in [6.45, 7) is 2.37. The van der Waals surface area contributed by atoms with Gasteiger partial charge in [0.15, 0.2) is 0 Å². The maximum Gasteiger partial charge on any atom is 0.255 e. The molecule has 2 atom stereocenters. The Labute approximate surface area is 124 Å². The van der Waals surface area contributed by atoms with Gasteiger partial charge in [0.1, 0.15) is 5.15 Å². The number of aryl methyl sites for hydroxylation is 1. The summed E-state index contributed by atoms with van der Waals surface area (Å²) >= 11 is 5.81. The van der Waals surface area contributed by atoms with E-state index in [9.17, 15) is 9.90 Å². The minimum atomic E-state index is -0.288. The second kappa shape index (κ2) is 6.55. The van der Waals surface area contributed by atoms with Gasteiger partial charge in [-0.2, -0.15) is 0 Å². The third-order valence-electron chi connectivity index (χ3n) is 4.01. The molecule has 2 unspecified atom stereocenters. The topological polar surface area (TPSA) is 53.4 Å². The van der Waals surface area contributed by atoms with Crippen molar-refractivity contribution in [3.63, 3.8) is 0 Å². The van der Waals surface area contributed by atoms with Crippen molar-refractivity contribution in [2.45, 2.75) is 38.7 Å². The summed E-state index contributed by atoms with van der Waals surface area (Å²) in [5.41, 5.74) is 1.21. The summed E-state index contributed by atoms with van der Waals surface area (Å²) in [5, 5.41) is 10.4. The molecule has 1 aliphatic rings. The molecule has 1 amide bonds. The molecule has 5 heteroatoms. The maximum absolute atomic E-state index is 12.4. The average Bonchev–Trinajstić information content (AvgIpc) is 2.40. The Morgan fingerprint density at radius 3 is 2.80 bits per heavy atom. The van der Waals surface area contributed by atoms with Crippen LogP contribution in [0.3, 0.4) is 0 Å². The number of hydrogen-bond donors (Lipinski definition) is 1. The Hall–Kier alpha value is -1.13. The number of halogens is 1. The molecule has 1 N–H and O–H groups in total. The molecule has 2 rings (SSSR count). The monoisotopic (exact) mass is 296 g/mol. The van der Waals surface area contributed by atoms with E-state index in [2.05, 4.69) is 4.98 Å². The van der Waals surface area contributed by atoms with Crippen LogP contribution in [0.1, 0.15) is 41.7 Å². The van der Waals surface area contributed by atoms with Gasteiger partial charge in [0.05, 0.1) is 17.4 Å². The molecular weight excluding hydrogens is 276 g/mol. The van der Waals surface area contributed by atoms with Gasteiger partial charge in [0.25, 0.3) is 5.91 Å². The maximum atomic E-state index is 12.4. The second-order valence-corrected chi connectivity index (χ2v) is 5.95. The van der Waals surface area contributed by atoms with Crippen LogP contribution in [0.25, 0.3) is 0 Å². The molecule has 20 heavy (non-hydrogen) atoms. The Bertz CT molecular complexity index is 493. The van der Waals surface area contributed by atoms with E-state index in [-0.39, 0.29) is 17.9 Å². The molecular formula is C15H21ClN2O2. The smallest absolute Gasteiger partial charge is 0.255 e. The minimum absolute atomic E-state index is 0.0653. The number of carbonyl (C=O) groups is 1. The highest BCUT2D eigenvalue weighted by Crippen LogP contribution is 2.25. The van der Waals surface area contributed by atoms with Gasteiger partial charge in [-0.3, -0.25) is 4.79 Å². The molecule has 0 aliphatic heterocycles. The fourth-order valence-corrected chi connectivity index (χ4v) is 2.99. The number of carbonyl (C=O) groups excluding carboxylic acids is 1. The average molecular weight is 297 g/mol. The standard InChI is InChI=1S/C15H21ClN2O2/c1-10-12(7-8-14(16)17-10)15(20)18(2)9-11-5-3-4-6-13(11)19/h7-8,11,13,19H,3-6,9H2,1-2H3. The van der Waals surface area contributed by atoms with Gasteiger partial charge in [0, 0.05) is 19.5 Å². The van der Waals surface area contributed by atoms with Crippen molar-refractivity contribution in [1.29, 1.82) is 0 Å². The lowest BCUT2D eigenvalue weighted by molar-refractivity contribution is 0.0450. The normalized spacial score (nSPS) is 22.6. The van der Waals surface area contributed by atoms with Crippen LogP contribution >= 0.6 is 11.6 Å². The molecule has 4 nitrogen and oxygen atoms in total. The van der Waals surface area contributed by atoms with Gasteiger partial charge >= 0.3 is 0 Å². The van der Waals surface area contributed by atoms with Crippen molar-refractivity contribution >= 4 is 17.5 Å². The summed E-state index contributed by atoms with van der Waals surface area (Å²) < 4.78 is 0. The van der Waals surface area contributed by atoms with Gasteiger partial charge in [-0.1, -0.05) is 24.4 Å². The van der Waals surface area contributed by atoms with Crippen molar-refractivity contribution in [1.82, 2.24) is 9.88 Å². The number of rotatable bonds is 3. The van der Waals surface area contributed by atoms with Crippen molar-refractivity contribution in [3.8, 4) is 0 Å². The van der Waals surface area contributed by atoms with Gasteiger partial charge in [-0.05, 0) is 31.9 Å². The van der Waals surface area contributed by atoms with Crippen molar-refractivity contribution in [2.75, 3.05) is 13.6 Å². The van der Waals surface area contributed by atoms with E-state index >= 15 is 0 Å². The first-order valence-corrected chi connectivity index (χ1v) is 7.43. The van der Waals surface area contributed by atoms with Crippen LogP contribution in [0.2, 0.25) is 5.15 Å². The number of aromatic nitrogens is 1. The van der Waals surface area contributed by atoms with Crippen LogP contribution in [0, 0.1) is 12.8 Å². The fraction of sp³-hybridized carbons (Fsp3) is 0.600. The zero-order chi connectivity index (χ0) is 14.7. The predicted molar refractivity (Wildman–Crippen MR) is 78.9 cm³/mol. The number of amides is 1. The van der Waals surface area contributed by atoms with Gasteiger partial charge < -0.3 is 10.0 Å². The molecule has 1 heterocycles. The van der Waals surface area contributed by atoms with Crippen LogP contribution in [-0.4, -0.2) is 40.6 Å². The lowest BCUT2D eigenvalue weighted by Gasteiger charge is -2.31. The van der Waals surface area contributed by atoms with Crippen molar-refractivity contribution in [3.05, 3.63) is 28.5 Å². The molecule has 0 bridgehead atoms. The lowest BCUT2D eigenvalue weighted by Crippen LogP contribution is -2.38. The molecule has 1 saturated carbocycles. The number of hydrogen-bond acceptors (Lipinski definition) is 3. The number of nitrogens with zero attached hydrogens (tertiary/aromatic N) is 2. The predicted octanol–water partition coefficient (Wildman–Crippen LogP) is 2.67. The molecule has 1 fully saturated rings. The summed E-state index contributed by atoms with van der Waals surface area (Å²) in [5.74, 6) is 0.114. The molecule has 1 aromatic heterocycles. The molecule has 1 aliphatic carbocycles. The highest BCUT2D eigenvalue weighted by Gasteiger charge is 2.26. The second-order valence-electron chi connectivity index (χ2n) is 5.56. The van der Waals surface area contributed by atoms with Crippen molar-refractivity contribution in [2.24, 2.45) is 5.92 Å². The van der Waals surface area contributed by atoms with Crippen molar-refractivity contribution < 1.29 is 9.90 Å². The zero-order valence-corrected chi connectivity index (χ0v) is 12.7. The Morgan fingerprint density at radius 2 is 2.15 bits per heavy atom. The lowest BCUT2D eigenvalue weighted by atomic mass is 9.86. The minimum Gasteiger partial charge on any atom is -0.393 e.